The topological polar surface area (TPSA) is 43.2 Å². The van der Waals surface area contributed by atoms with Crippen LogP contribution in [-0.2, 0) is 5.41 Å². The van der Waals surface area contributed by atoms with Crippen LogP contribution in [0.25, 0.3) is 114 Å². The van der Waals surface area contributed by atoms with Crippen molar-refractivity contribution in [2.24, 2.45) is 0 Å². The average Bonchev–Trinajstić information content (AvgIpc) is 4.10. The highest BCUT2D eigenvalue weighted by molar-refractivity contribution is 7.23. The van der Waals surface area contributed by atoms with E-state index in [0.29, 0.717) is 0 Å². The van der Waals surface area contributed by atoms with Crippen LogP contribution in [0.1, 0.15) is 26.3 Å². The molecule has 4 nitrogen and oxygen atoms in total. The second-order valence-electron chi connectivity index (χ2n) is 18.8. The highest BCUT2D eigenvalue weighted by atomic mass is 32.1. The molecule has 311 valence electrons. The van der Waals surface area contributed by atoms with Gasteiger partial charge in [-0.2, -0.15) is 0 Å². The van der Waals surface area contributed by atoms with Crippen molar-refractivity contribution in [2.75, 3.05) is 5.32 Å². The van der Waals surface area contributed by atoms with Gasteiger partial charge in [0.1, 0.15) is 22.3 Å². The maximum atomic E-state index is 6.56. The maximum absolute atomic E-state index is 6.56. The lowest BCUT2D eigenvalue weighted by Gasteiger charge is -2.24. The van der Waals surface area contributed by atoms with Gasteiger partial charge >= 0.3 is 0 Å². The number of nitrogens with zero attached hydrogens (tertiary/aromatic N) is 1. The van der Waals surface area contributed by atoms with Gasteiger partial charge in [-0.3, -0.25) is 0 Å². The molecule has 0 amide bonds. The van der Waals surface area contributed by atoms with E-state index < -0.39 is 0 Å². The molecule has 1 aliphatic heterocycles. The number of rotatable bonds is 5. The van der Waals surface area contributed by atoms with E-state index in [2.05, 4.69) is 208 Å². The van der Waals surface area contributed by atoms with Gasteiger partial charge in [0.2, 0.25) is 0 Å². The molecule has 1 radical (unpaired) electrons. The molecule has 4 aromatic heterocycles. The lowest BCUT2D eigenvalue weighted by atomic mass is 9.59. The van der Waals surface area contributed by atoms with E-state index >= 15 is 0 Å². The zero-order valence-electron chi connectivity index (χ0n) is 36.6. The standard InChI is InChI=1S/C60H40BN2O2S/c1-60(2,3)36-22-24-37(25-23-36)62-48-33-54-44(38-18-10-12-20-51(38)65-54)28-42(48)40-26-27-41-43-31-53-45(39-19-11-13-21-52(39)64-53)29-49(43)63-50-30-46-55(32-47(50)61-57(40)58(41)63)66-59(35-16-8-5-9-17-35)56(46)34-14-6-4-7-15-34/h4-33,62H,1-3H3. The summed E-state index contributed by atoms with van der Waals surface area (Å²) in [5.41, 5.74) is 18.7. The Morgan fingerprint density at radius 3 is 1.88 bits per heavy atom. The third-order valence-electron chi connectivity index (χ3n) is 13.8. The predicted molar refractivity (Wildman–Crippen MR) is 280 cm³/mol. The highest BCUT2D eigenvalue weighted by Crippen LogP contribution is 2.47. The first-order chi connectivity index (χ1) is 32.3. The number of nitrogens with one attached hydrogen (secondary N) is 1. The van der Waals surface area contributed by atoms with Gasteiger partial charge in [-0.25, -0.2) is 0 Å². The van der Waals surface area contributed by atoms with E-state index in [-0.39, 0.29) is 5.41 Å². The Balaban J connectivity index is 1.07. The summed E-state index contributed by atoms with van der Waals surface area (Å²) in [5, 5.41) is 11.9. The largest absolute Gasteiger partial charge is 0.456 e. The fourth-order valence-corrected chi connectivity index (χ4v) is 11.8. The van der Waals surface area contributed by atoms with Crippen LogP contribution in [-0.4, -0.2) is 11.8 Å². The van der Waals surface area contributed by atoms with Crippen LogP contribution >= 0.6 is 11.3 Å². The normalized spacial score (nSPS) is 12.6. The number of thiophene rings is 1. The number of anilines is 2. The van der Waals surface area contributed by atoms with Crippen LogP contribution in [0.5, 0.6) is 0 Å². The van der Waals surface area contributed by atoms with E-state index in [1.807, 2.05) is 23.5 Å². The van der Waals surface area contributed by atoms with E-state index in [0.717, 1.165) is 77.3 Å². The Morgan fingerprint density at radius 1 is 0.515 bits per heavy atom. The smallest absolute Gasteiger partial charge is 0.197 e. The molecule has 6 heteroatoms. The zero-order valence-corrected chi connectivity index (χ0v) is 37.4. The van der Waals surface area contributed by atoms with Crippen LogP contribution in [0.15, 0.2) is 191 Å². The number of hydrogen-bond acceptors (Lipinski definition) is 4. The molecule has 0 saturated heterocycles. The lowest BCUT2D eigenvalue weighted by Crippen LogP contribution is -2.37. The Bertz CT molecular complexity index is 4130. The van der Waals surface area contributed by atoms with Gasteiger partial charge < -0.3 is 18.7 Å². The summed E-state index contributed by atoms with van der Waals surface area (Å²) in [6.45, 7) is 6.77. The molecule has 0 fully saturated rings. The van der Waals surface area contributed by atoms with Crippen molar-refractivity contribution in [3.8, 4) is 38.4 Å². The van der Waals surface area contributed by atoms with E-state index in [1.54, 1.807) is 0 Å². The Hall–Kier alpha value is -7.80. The Labute approximate surface area is 385 Å². The highest BCUT2D eigenvalue weighted by Gasteiger charge is 2.30. The third kappa shape index (κ3) is 5.58. The minimum Gasteiger partial charge on any atom is -0.456 e. The summed E-state index contributed by atoms with van der Waals surface area (Å²) in [5.74, 6) is 0. The van der Waals surface area contributed by atoms with Gasteiger partial charge in [0.05, 0.1) is 11.2 Å². The molecule has 0 aliphatic carbocycles. The minimum atomic E-state index is 0.0517. The summed E-state index contributed by atoms with van der Waals surface area (Å²) in [6.07, 6.45) is 0. The fraction of sp³-hybridized carbons (Fsp3) is 0.0667. The predicted octanol–water partition coefficient (Wildman–Crippen LogP) is 15.8. The SMILES string of the molecule is CC(C)(C)c1ccc(Nc2cc3oc4ccccc4c3cc2-c2ccc3c4cc5oc6ccccc6c5cc4n4c3c2[B]c2cc3sc(-c5ccccc5)c(-c5ccccc5)c3cc2-4)cc1. The minimum absolute atomic E-state index is 0.0517. The first-order valence-electron chi connectivity index (χ1n) is 22.6. The monoisotopic (exact) mass is 863 g/mol. The molecule has 66 heavy (non-hydrogen) atoms. The van der Waals surface area contributed by atoms with Gasteiger partial charge in [0.25, 0.3) is 0 Å². The van der Waals surface area contributed by atoms with Crippen molar-refractivity contribution in [1.29, 1.82) is 0 Å². The molecule has 13 aromatic rings. The Morgan fingerprint density at radius 2 is 1.17 bits per heavy atom. The van der Waals surface area contributed by atoms with E-state index in [9.17, 15) is 0 Å². The fourth-order valence-electron chi connectivity index (χ4n) is 10.6. The summed E-state index contributed by atoms with van der Waals surface area (Å²) < 4.78 is 16.9. The van der Waals surface area contributed by atoms with Crippen LogP contribution in [0.4, 0.5) is 11.4 Å². The van der Waals surface area contributed by atoms with Gasteiger partial charge in [-0.1, -0.05) is 148 Å². The second-order valence-corrected chi connectivity index (χ2v) is 19.8. The molecular weight excluding hydrogens is 824 g/mol. The average molecular weight is 864 g/mol. The molecule has 1 N–H and O–H groups in total. The molecule has 0 spiro atoms. The summed E-state index contributed by atoms with van der Waals surface area (Å²) >= 11 is 1.88. The number of benzene rings is 9. The molecule has 1 aliphatic rings. The summed E-state index contributed by atoms with van der Waals surface area (Å²) in [4.78, 5) is 1.28. The molecular formula is C60H40BN2O2S. The van der Waals surface area contributed by atoms with Gasteiger partial charge in [0, 0.05) is 81.4 Å². The van der Waals surface area contributed by atoms with Gasteiger partial charge in [-0.15, -0.1) is 11.3 Å². The molecule has 9 aromatic carbocycles. The van der Waals surface area contributed by atoms with Crippen molar-refractivity contribution in [3.63, 3.8) is 0 Å². The molecule has 0 atom stereocenters. The first-order valence-corrected chi connectivity index (χ1v) is 23.5. The maximum Gasteiger partial charge on any atom is 0.197 e. The van der Waals surface area contributed by atoms with Crippen molar-refractivity contribution < 1.29 is 8.83 Å². The number of furan rings is 2. The van der Waals surface area contributed by atoms with E-state index in [4.69, 9.17) is 8.83 Å². The lowest BCUT2D eigenvalue weighted by molar-refractivity contribution is 0.590. The van der Waals surface area contributed by atoms with Crippen LogP contribution < -0.4 is 16.2 Å². The summed E-state index contributed by atoms with van der Waals surface area (Å²) in [6, 6.07) is 66.0. The molecule has 14 rings (SSSR count). The van der Waals surface area contributed by atoms with Crippen molar-refractivity contribution >= 4 is 117 Å². The van der Waals surface area contributed by atoms with Crippen molar-refractivity contribution in [3.05, 3.63) is 188 Å². The first kappa shape index (κ1) is 37.6. The van der Waals surface area contributed by atoms with Gasteiger partial charge in [0.15, 0.2) is 7.28 Å². The Kier molecular flexibility index (Phi) is 7.89. The quantitative estimate of drug-likeness (QED) is 0.175. The van der Waals surface area contributed by atoms with Crippen molar-refractivity contribution in [2.45, 2.75) is 26.2 Å². The van der Waals surface area contributed by atoms with Gasteiger partial charge in [-0.05, 0) is 87.7 Å². The molecule has 5 heterocycles. The zero-order chi connectivity index (χ0) is 43.8. The molecule has 0 bridgehead atoms. The number of fused-ring (bicyclic) bond motifs is 12. The number of aromatic nitrogens is 1. The van der Waals surface area contributed by atoms with Crippen molar-refractivity contribution in [1.82, 2.24) is 4.57 Å². The second kappa shape index (κ2) is 13.9. The van der Waals surface area contributed by atoms with E-state index in [1.165, 1.54) is 64.7 Å². The molecule has 0 unspecified atom stereocenters. The van der Waals surface area contributed by atoms with Crippen LogP contribution in [0.3, 0.4) is 0 Å². The van der Waals surface area contributed by atoms with Crippen LogP contribution in [0, 0.1) is 0 Å². The summed E-state index contributed by atoms with van der Waals surface area (Å²) in [7, 11) is 2.44. The van der Waals surface area contributed by atoms with Crippen LogP contribution in [0.2, 0.25) is 0 Å². The number of hydrogen-bond donors (Lipinski definition) is 1. The molecule has 0 saturated carbocycles. The third-order valence-corrected chi connectivity index (χ3v) is 15.0. The number of para-hydroxylation sites is 2.